The molecule has 0 amide bonds. The molecule has 2 aromatic carbocycles. The van der Waals surface area contributed by atoms with Gasteiger partial charge in [0.05, 0.1) is 12.6 Å². The SMILES string of the molecule is COc1ccc2nc(-c3ccc(OF)nc3)nc(Nc3cccc(OC(F)(F)F)c3)c2c1. The molecule has 7 nitrogen and oxygen atoms in total. The maximum atomic E-state index is 12.6. The van der Waals surface area contributed by atoms with Crippen LogP contribution in [-0.4, -0.2) is 28.4 Å². The zero-order valence-electron chi connectivity index (χ0n) is 16.4. The molecule has 0 fully saturated rings. The van der Waals surface area contributed by atoms with E-state index in [-0.39, 0.29) is 17.5 Å². The number of alkyl halides is 3. The fraction of sp³-hybridized carbons (Fsp3) is 0.0952. The first-order valence-corrected chi connectivity index (χ1v) is 9.08. The number of nitrogens with one attached hydrogen (secondary N) is 1. The van der Waals surface area contributed by atoms with Crippen molar-refractivity contribution in [3.8, 4) is 28.8 Å². The van der Waals surface area contributed by atoms with E-state index < -0.39 is 6.36 Å². The molecule has 0 spiro atoms. The summed E-state index contributed by atoms with van der Waals surface area (Å²) in [6, 6.07) is 13.3. The molecule has 0 saturated carbocycles. The number of anilines is 2. The number of methoxy groups -OCH3 is 1. The fourth-order valence-electron chi connectivity index (χ4n) is 2.92. The first kappa shape index (κ1) is 21.1. The Morgan fingerprint density at radius 2 is 1.78 bits per heavy atom. The number of benzene rings is 2. The number of aromatic nitrogens is 3. The predicted molar refractivity (Wildman–Crippen MR) is 107 cm³/mol. The number of hydrogen-bond donors (Lipinski definition) is 1. The minimum atomic E-state index is -4.82. The molecule has 2 heterocycles. The Hall–Kier alpha value is -4.15. The van der Waals surface area contributed by atoms with Gasteiger partial charge in [-0.1, -0.05) is 6.07 Å². The van der Waals surface area contributed by atoms with Gasteiger partial charge in [0.2, 0.25) is 0 Å². The van der Waals surface area contributed by atoms with Crippen molar-refractivity contribution in [2.75, 3.05) is 12.4 Å². The summed E-state index contributed by atoms with van der Waals surface area (Å²) in [7, 11) is 1.50. The number of ether oxygens (including phenoxy) is 2. The van der Waals surface area contributed by atoms with Crippen LogP contribution in [0.5, 0.6) is 17.4 Å². The average Bonchev–Trinajstić information content (AvgIpc) is 2.78. The van der Waals surface area contributed by atoms with Crippen LogP contribution >= 0.6 is 0 Å². The van der Waals surface area contributed by atoms with Crippen molar-refractivity contribution in [1.82, 2.24) is 15.0 Å². The zero-order chi connectivity index (χ0) is 22.7. The van der Waals surface area contributed by atoms with Crippen molar-refractivity contribution in [2.24, 2.45) is 0 Å². The highest BCUT2D eigenvalue weighted by atomic mass is 19.4. The number of fused-ring (bicyclic) bond motifs is 1. The number of rotatable bonds is 6. The standard InChI is InChI=1S/C21H14F4N4O3/c1-30-14-6-7-17-16(10-14)20(27-13-3-2-4-15(9-13)31-21(22,23)24)29-19(28-17)12-5-8-18(32-25)26-11-12/h2-11H,1H3,(H,27,28,29). The van der Waals surface area contributed by atoms with Crippen molar-refractivity contribution >= 4 is 22.4 Å². The second-order valence-electron chi connectivity index (χ2n) is 6.44. The predicted octanol–water partition coefficient (Wildman–Crippen LogP) is 5.61. The number of halogens is 4. The number of hydrogen-bond acceptors (Lipinski definition) is 7. The van der Waals surface area contributed by atoms with Crippen LogP contribution in [0.2, 0.25) is 0 Å². The molecular formula is C21H14F4N4O3. The Bertz CT molecular complexity index is 1250. The highest BCUT2D eigenvalue weighted by Gasteiger charge is 2.31. The summed E-state index contributed by atoms with van der Waals surface area (Å²) in [5.41, 5.74) is 1.31. The Kier molecular flexibility index (Phi) is 5.63. The summed E-state index contributed by atoms with van der Waals surface area (Å²) >= 11 is 0. The summed E-state index contributed by atoms with van der Waals surface area (Å²) < 4.78 is 59.2. The van der Waals surface area contributed by atoms with Crippen LogP contribution in [0.15, 0.2) is 60.8 Å². The van der Waals surface area contributed by atoms with Gasteiger partial charge in [0.15, 0.2) is 5.82 Å². The molecule has 0 unspecified atom stereocenters. The smallest absolute Gasteiger partial charge is 0.497 e. The van der Waals surface area contributed by atoms with Crippen molar-refractivity contribution in [2.45, 2.75) is 6.36 Å². The van der Waals surface area contributed by atoms with Crippen molar-refractivity contribution in [1.29, 1.82) is 0 Å². The van der Waals surface area contributed by atoms with E-state index in [1.54, 1.807) is 24.3 Å². The molecule has 164 valence electrons. The van der Waals surface area contributed by atoms with E-state index in [1.165, 1.54) is 43.6 Å². The maximum absolute atomic E-state index is 12.6. The third-order valence-electron chi connectivity index (χ3n) is 4.31. The molecule has 2 aromatic heterocycles. The van der Waals surface area contributed by atoms with E-state index in [9.17, 15) is 17.7 Å². The summed E-state index contributed by atoms with van der Waals surface area (Å²) in [4.78, 5) is 16.4. The van der Waals surface area contributed by atoms with Crippen molar-refractivity contribution < 1.29 is 32.1 Å². The largest absolute Gasteiger partial charge is 0.573 e. The van der Waals surface area contributed by atoms with Crippen LogP contribution in [0.4, 0.5) is 29.2 Å². The zero-order valence-corrected chi connectivity index (χ0v) is 16.4. The molecule has 11 heteroatoms. The van der Waals surface area contributed by atoms with Gasteiger partial charge in [-0.15, -0.1) is 13.2 Å². The molecule has 32 heavy (non-hydrogen) atoms. The van der Waals surface area contributed by atoms with Gasteiger partial charge >= 0.3 is 6.36 Å². The molecule has 1 N–H and O–H groups in total. The minimum absolute atomic E-state index is 0.223. The van der Waals surface area contributed by atoms with E-state index in [1.807, 2.05) is 0 Å². The van der Waals surface area contributed by atoms with Gasteiger partial charge in [-0.3, -0.25) is 4.94 Å². The molecular weight excluding hydrogens is 432 g/mol. The van der Waals surface area contributed by atoms with Crippen LogP contribution < -0.4 is 19.7 Å². The topological polar surface area (TPSA) is 78.4 Å². The molecule has 0 atom stereocenters. The quantitative estimate of drug-likeness (QED) is 0.386. The van der Waals surface area contributed by atoms with Crippen LogP contribution in [0, 0.1) is 0 Å². The normalized spacial score (nSPS) is 11.3. The lowest BCUT2D eigenvalue weighted by Gasteiger charge is -2.13. The Balaban J connectivity index is 1.78. The van der Waals surface area contributed by atoms with Gasteiger partial charge in [-0.25, -0.2) is 15.0 Å². The van der Waals surface area contributed by atoms with Crippen LogP contribution in [-0.2, 0) is 0 Å². The maximum Gasteiger partial charge on any atom is 0.573 e. The number of pyridine rings is 1. The highest BCUT2D eigenvalue weighted by Crippen LogP contribution is 2.32. The Labute approximate surface area is 178 Å². The lowest BCUT2D eigenvalue weighted by atomic mass is 10.2. The minimum Gasteiger partial charge on any atom is -0.497 e. The summed E-state index contributed by atoms with van der Waals surface area (Å²) in [6.07, 6.45) is -3.48. The monoisotopic (exact) mass is 446 g/mol. The van der Waals surface area contributed by atoms with Crippen LogP contribution in [0.3, 0.4) is 0 Å². The first-order chi connectivity index (χ1) is 15.3. The van der Waals surface area contributed by atoms with E-state index in [0.717, 1.165) is 0 Å². The van der Waals surface area contributed by atoms with Gasteiger partial charge in [0.1, 0.15) is 17.3 Å². The van der Waals surface area contributed by atoms with E-state index in [4.69, 9.17) is 4.74 Å². The molecule has 0 radical (unpaired) electrons. The Morgan fingerprint density at radius 3 is 2.47 bits per heavy atom. The third kappa shape index (κ3) is 4.77. The summed E-state index contributed by atoms with van der Waals surface area (Å²) in [5.74, 6) is 0.491. The third-order valence-corrected chi connectivity index (χ3v) is 4.31. The first-order valence-electron chi connectivity index (χ1n) is 9.08. The number of nitrogens with zero attached hydrogens (tertiary/aromatic N) is 3. The molecule has 4 rings (SSSR count). The van der Waals surface area contributed by atoms with Gasteiger partial charge in [0.25, 0.3) is 5.88 Å². The van der Waals surface area contributed by atoms with Crippen LogP contribution in [0.1, 0.15) is 0 Å². The second-order valence-corrected chi connectivity index (χ2v) is 6.44. The van der Waals surface area contributed by atoms with E-state index in [2.05, 4.69) is 29.9 Å². The fourth-order valence-corrected chi connectivity index (χ4v) is 2.92. The average molecular weight is 446 g/mol. The molecule has 0 aliphatic heterocycles. The highest BCUT2D eigenvalue weighted by molar-refractivity contribution is 5.93. The molecule has 0 aliphatic rings. The summed E-state index contributed by atoms with van der Waals surface area (Å²) in [5, 5.41) is 3.56. The van der Waals surface area contributed by atoms with Crippen molar-refractivity contribution in [3.05, 3.63) is 60.8 Å². The lowest BCUT2D eigenvalue weighted by Crippen LogP contribution is -2.17. The van der Waals surface area contributed by atoms with E-state index >= 15 is 0 Å². The molecule has 0 aliphatic carbocycles. The van der Waals surface area contributed by atoms with Gasteiger partial charge in [-0.05, 0) is 36.4 Å². The van der Waals surface area contributed by atoms with Gasteiger partial charge in [-0.2, -0.15) is 0 Å². The Morgan fingerprint density at radius 1 is 0.938 bits per heavy atom. The lowest BCUT2D eigenvalue weighted by molar-refractivity contribution is -0.274. The van der Waals surface area contributed by atoms with Crippen LogP contribution in [0.25, 0.3) is 22.3 Å². The molecule has 4 aromatic rings. The van der Waals surface area contributed by atoms with E-state index in [0.29, 0.717) is 33.7 Å². The second kappa shape index (κ2) is 8.53. The van der Waals surface area contributed by atoms with Crippen molar-refractivity contribution in [3.63, 3.8) is 0 Å². The van der Waals surface area contributed by atoms with Gasteiger partial charge in [0, 0.05) is 39.5 Å². The van der Waals surface area contributed by atoms with Gasteiger partial charge < -0.3 is 14.8 Å². The molecule has 0 saturated heterocycles. The molecule has 0 bridgehead atoms. The summed E-state index contributed by atoms with van der Waals surface area (Å²) in [6.45, 7) is 0.